The van der Waals surface area contributed by atoms with E-state index in [1.54, 1.807) is 4.90 Å². The molecule has 2 amide bonds. The van der Waals surface area contributed by atoms with Gasteiger partial charge in [0.25, 0.3) is 0 Å². The highest BCUT2D eigenvalue weighted by atomic mass is 35.5. The number of nitrogens with one attached hydrogen (secondary N) is 1. The predicted octanol–water partition coefficient (Wildman–Crippen LogP) is 4.21. The fourth-order valence-corrected chi connectivity index (χ4v) is 4.35. The van der Waals surface area contributed by atoms with Crippen LogP contribution in [0.3, 0.4) is 0 Å². The first kappa shape index (κ1) is 20.2. The molecule has 2 aliphatic carbocycles. The molecule has 27 heavy (non-hydrogen) atoms. The van der Waals surface area contributed by atoms with Gasteiger partial charge >= 0.3 is 0 Å². The maximum Gasteiger partial charge on any atom is 0.247 e. The molecule has 0 unspecified atom stereocenters. The standard InChI is InChI=1S/C22H31ClN2O2/c1-14-7-9-17(10-8-14)21(25(18-11-12-18)20(26)13-23)22(27)24-19-6-4-5-15(2)16(19)3/h7-10,15-16,18-19,21H,4-6,11-13H2,1-3H3,(H,24,27)/t15-,16+,19+,21+/m0/s1. The molecule has 2 fully saturated rings. The summed E-state index contributed by atoms with van der Waals surface area (Å²) in [5, 5.41) is 3.28. The molecule has 0 spiro atoms. The van der Waals surface area contributed by atoms with Gasteiger partial charge in [-0.15, -0.1) is 11.6 Å². The van der Waals surface area contributed by atoms with Crippen LogP contribution in [-0.2, 0) is 9.59 Å². The molecule has 0 aromatic heterocycles. The van der Waals surface area contributed by atoms with Gasteiger partial charge in [-0.1, -0.05) is 56.5 Å². The molecule has 0 aliphatic heterocycles. The van der Waals surface area contributed by atoms with Gasteiger partial charge in [-0.3, -0.25) is 9.59 Å². The third-order valence-corrected chi connectivity index (χ3v) is 6.53. The van der Waals surface area contributed by atoms with Crippen LogP contribution < -0.4 is 5.32 Å². The number of carbonyl (C=O) groups is 2. The Balaban J connectivity index is 1.87. The van der Waals surface area contributed by atoms with Crippen LogP contribution >= 0.6 is 11.6 Å². The van der Waals surface area contributed by atoms with Crippen LogP contribution in [0.1, 0.15) is 63.1 Å². The SMILES string of the molecule is Cc1ccc([C@H](C(=O)N[C@@H]2CCC[C@H](C)[C@H]2C)N(C(=O)CCl)C2CC2)cc1. The number of halogens is 1. The Morgan fingerprint density at radius 3 is 2.41 bits per heavy atom. The Kier molecular flexibility index (Phi) is 6.46. The summed E-state index contributed by atoms with van der Waals surface area (Å²) in [4.78, 5) is 27.7. The number of amides is 2. The van der Waals surface area contributed by atoms with Crippen molar-refractivity contribution < 1.29 is 9.59 Å². The second-order valence-electron chi connectivity index (χ2n) is 8.36. The Morgan fingerprint density at radius 2 is 1.81 bits per heavy atom. The van der Waals surface area contributed by atoms with Crippen molar-refractivity contribution in [2.24, 2.45) is 11.8 Å². The minimum atomic E-state index is -0.603. The fourth-order valence-electron chi connectivity index (χ4n) is 4.21. The van der Waals surface area contributed by atoms with E-state index in [-0.39, 0.29) is 29.8 Å². The molecule has 0 saturated heterocycles. The zero-order valence-corrected chi connectivity index (χ0v) is 17.3. The largest absolute Gasteiger partial charge is 0.351 e. The average Bonchev–Trinajstić information content (AvgIpc) is 3.48. The summed E-state index contributed by atoms with van der Waals surface area (Å²) in [7, 11) is 0. The summed E-state index contributed by atoms with van der Waals surface area (Å²) in [6.07, 6.45) is 5.24. The minimum absolute atomic E-state index is 0.0739. The van der Waals surface area contributed by atoms with E-state index < -0.39 is 6.04 Å². The first-order chi connectivity index (χ1) is 12.9. The van der Waals surface area contributed by atoms with Crippen molar-refractivity contribution in [3.63, 3.8) is 0 Å². The number of nitrogens with zero attached hydrogens (tertiary/aromatic N) is 1. The van der Waals surface area contributed by atoms with Crippen LogP contribution in [0, 0.1) is 18.8 Å². The topological polar surface area (TPSA) is 49.4 Å². The summed E-state index contributed by atoms with van der Waals surface area (Å²) in [5.74, 6) is 0.716. The lowest BCUT2D eigenvalue weighted by molar-refractivity contribution is -0.140. The smallest absolute Gasteiger partial charge is 0.247 e. The maximum absolute atomic E-state index is 13.4. The third-order valence-electron chi connectivity index (χ3n) is 6.30. The van der Waals surface area contributed by atoms with E-state index in [4.69, 9.17) is 11.6 Å². The van der Waals surface area contributed by atoms with Gasteiger partial charge in [-0.25, -0.2) is 0 Å². The first-order valence-electron chi connectivity index (χ1n) is 10.2. The van der Waals surface area contributed by atoms with Crippen LogP contribution in [0.2, 0.25) is 0 Å². The lowest BCUT2D eigenvalue weighted by Crippen LogP contribution is -2.50. The molecule has 1 aromatic rings. The Morgan fingerprint density at radius 1 is 1.15 bits per heavy atom. The Hall–Kier alpha value is -1.55. The highest BCUT2D eigenvalue weighted by molar-refractivity contribution is 6.27. The van der Waals surface area contributed by atoms with Crippen LogP contribution in [-0.4, -0.2) is 34.7 Å². The highest BCUT2D eigenvalue weighted by Gasteiger charge is 2.42. The second-order valence-corrected chi connectivity index (χ2v) is 8.63. The van der Waals surface area contributed by atoms with Gasteiger partial charge in [0.2, 0.25) is 11.8 Å². The Labute approximate surface area is 167 Å². The quantitative estimate of drug-likeness (QED) is 0.740. The van der Waals surface area contributed by atoms with Crippen molar-refractivity contribution in [1.82, 2.24) is 10.2 Å². The zero-order valence-electron chi connectivity index (χ0n) is 16.6. The number of aryl methyl sites for hydroxylation is 1. The van der Waals surface area contributed by atoms with E-state index in [2.05, 4.69) is 19.2 Å². The van der Waals surface area contributed by atoms with E-state index in [0.29, 0.717) is 11.8 Å². The van der Waals surface area contributed by atoms with Gasteiger partial charge in [0.15, 0.2) is 0 Å². The molecule has 4 atom stereocenters. The van der Waals surface area contributed by atoms with Crippen molar-refractivity contribution >= 4 is 23.4 Å². The van der Waals surface area contributed by atoms with E-state index in [1.165, 1.54) is 6.42 Å². The fraction of sp³-hybridized carbons (Fsp3) is 0.636. The van der Waals surface area contributed by atoms with Gasteiger partial charge in [-0.05, 0) is 43.6 Å². The van der Waals surface area contributed by atoms with Crippen LogP contribution in [0.4, 0.5) is 0 Å². The minimum Gasteiger partial charge on any atom is -0.351 e. The van der Waals surface area contributed by atoms with Crippen molar-refractivity contribution in [3.8, 4) is 0 Å². The molecule has 2 saturated carbocycles. The number of rotatable bonds is 6. The average molecular weight is 391 g/mol. The zero-order chi connectivity index (χ0) is 19.6. The molecule has 1 N–H and O–H groups in total. The molecular weight excluding hydrogens is 360 g/mol. The van der Waals surface area contributed by atoms with Crippen molar-refractivity contribution in [1.29, 1.82) is 0 Å². The van der Waals surface area contributed by atoms with Gasteiger partial charge in [0.1, 0.15) is 11.9 Å². The van der Waals surface area contributed by atoms with Gasteiger partial charge in [0.05, 0.1) is 0 Å². The molecule has 2 aliphatic rings. The van der Waals surface area contributed by atoms with E-state index >= 15 is 0 Å². The van der Waals surface area contributed by atoms with Gasteiger partial charge in [-0.2, -0.15) is 0 Å². The van der Waals surface area contributed by atoms with Crippen molar-refractivity contribution in [2.75, 3.05) is 5.88 Å². The molecule has 0 heterocycles. The maximum atomic E-state index is 13.4. The van der Waals surface area contributed by atoms with Crippen molar-refractivity contribution in [2.45, 2.75) is 71.0 Å². The van der Waals surface area contributed by atoms with Gasteiger partial charge < -0.3 is 10.2 Å². The van der Waals surface area contributed by atoms with E-state index in [1.807, 2.05) is 31.2 Å². The molecule has 3 rings (SSSR count). The molecule has 4 nitrogen and oxygen atoms in total. The summed E-state index contributed by atoms with van der Waals surface area (Å²) in [6.45, 7) is 6.50. The summed E-state index contributed by atoms with van der Waals surface area (Å²) in [6, 6.07) is 7.60. The number of carbonyl (C=O) groups excluding carboxylic acids is 2. The van der Waals surface area contributed by atoms with Crippen LogP contribution in [0.25, 0.3) is 0 Å². The molecular formula is C22H31ClN2O2. The van der Waals surface area contributed by atoms with Crippen LogP contribution in [0.5, 0.6) is 0 Å². The second kappa shape index (κ2) is 8.64. The first-order valence-corrected chi connectivity index (χ1v) is 10.7. The highest BCUT2D eigenvalue weighted by Crippen LogP contribution is 2.36. The lowest BCUT2D eigenvalue weighted by atomic mass is 9.78. The third kappa shape index (κ3) is 4.66. The number of hydrogen-bond donors (Lipinski definition) is 1. The number of benzene rings is 1. The lowest BCUT2D eigenvalue weighted by Gasteiger charge is -2.37. The summed E-state index contributed by atoms with van der Waals surface area (Å²) >= 11 is 5.89. The monoisotopic (exact) mass is 390 g/mol. The van der Waals surface area contributed by atoms with Crippen molar-refractivity contribution in [3.05, 3.63) is 35.4 Å². The number of hydrogen-bond acceptors (Lipinski definition) is 2. The molecule has 0 radical (unpaired) electrons. The molecule has 148 valence electrons. The number of alkyl halides is 1. The summed E-state index contributed by atoms with van der Waals surface area (Å²) in [5.41, 5.74) is 1.99. The normalized spacial score (nSPS) is 26.3. The summed E-state index contributed by atoms with van der Waals surface area (Å²) < 4.78 is 0. The molecule has 1 aromatic carbocycles. The molecule has 0 bridgehead atoms. The predicted molar refractivity (Wildman–Crippen MR) is 109 cm³/mol. The van der Waals surface area contributed by atoms with Gasteiger partial charge in [0, 0.05) is 12.1 Å². The van der Waals surface area contributed by atoms with E-state index in [9.17, 15) is 9.59 Å². The van der Waals surface area contributed by atoms with E-state index in [0.717, 1.165) is 36.8 Å². The van der Waals surface area contributed by atoms with Crippen LogP contribution in [0.15, 0.2) is 24.3 Å². The Bertz CT molecular complexity index is 671. The molecule has 5 heteroatoms.